The van der Waals surface area contributed by atoms with E-state index in [1.807, 2.05) is 0 Å². The van der Waals surface area contributed by atoms with Crippen LogP contribution in [-0.4, -0.2) is 44.2 Å². The number of aromatic nitrogens is 5. The van der Waals surface area contributed by atoms with E-state index in [1.54, 1.807) is 0 Å². The van der Waals surface area contributed by atoms with Crippen molar-refractivity contribution in [3.05, 3.63) is 5.82 Å². The first kappa shape index (κ1) is 18.4. The van der Waals surface area contributed by atoms with Crippen LogP contribution in [0.2, 0.25) is 0 Å². The van der Waals surface area contributed by atoms with Gasteiger partial charge >= 0.3 is 6.18 Å². The molecule has 1 aliphatic carbocycles. The van der Waals surface area contributed by atoms with Crippen molar-refractivity contribution in [2.75, 3.05) is 18.5 Å². The molecule has 0 radical (unpaired) electrons. The average molecular weight is 384 g/mol. The van der Waals surface area contributed by atoms with Crippen LogP contribution in [0.4, 0.5) is 19.0 Å². The van der Waals surface area contributed by atoms with Crippen LogP contribution in [0.3, 0.4) is 0 Å². The third kappa shape index (κ3) is 4.15. The van der Waals surface area contributed by atoms with Gasteiger partial charge in [0, 0.05) is 13.2 Å². The van der Waals surface area contributed by atoms with Gasteiger partial charge in [0.05, 0.1) is 12.6 Å². The van der Waals surface area contributed by atoms with E-state index >= 15 is 0 Å². The molecule has 148 valence electrons. The predicted octanol–water partition coefficient (Wildman–Crippen LogP) is 3.41. The maximum Gasteiger partial charge on any atom is 0.451 e. The van der Waals surface area contributed by atoms with Crippen molar-refractivity contribution in [3.8, 4) is 0 Å². The van der Waals surface area contributed by atoms with E-state index in [2.05, 4.69) is 25.6 Å². The highest BCUT2D eigenvalue weighted by atomic mass is 19.4. The minimum absolute atomic E-state index is 0.0713. The number of hydrogen-bond acceptors (Lipinski definition) is 6. The van der Waals surface area contributed by atoms with Gasteiger partial charge in [-0.25, -0.2) is 14.6 Å². The summed E-state index contributed by atoms with van der Waals surface area (Å²) < 4.78 is 46.8. The summed E-state index contributed by atoms with van der Waals surface area (Å²) in [7, 11) is 0. The molecule has 4 rings (SSSR count). The second-order valence-electron chi connectivity index (χ2n) is 7.34. The molecule has 10 heteroatoms. The molecule has 1 N–H and O–H groups in total. The Morgan fingerprint density at radius 2 is 1.93 bits per heavy atom. The molecule has 0 spiro atoms. The number of ether oxygens (including phenoxy) is 1. The van der Waals surface area contributed by atoms with Crippen LogP contribution in [0.5, 0.6) is 0 Å². The minimum Gasteiger partial charge on any atom is -0.376 e. The van der Waals surface area contributed by atoms with Crippen molar-refractivity contribution in [2.24, 2.45) is 5.92 Å². The summed E-state index contributed by atoms with van der Waals surface area (Å²) in [5, 5.41) is 11.1. The Morgan fingerprint density at radius 3 is 2.63 bits per heavy atom. The van der Waals surface area contributed by atoms with Crippen LogP contribution < -0.4 is 5.32 Å². The Labute approximate surface area is 154 Å². The van der Waals surface area contributed by atoms with Gasteiger partial charge in [0.15, 0.2) is 17.0 Å². The largest absolute Gasteiger partial charge is 0.451 e. The first-order chi connectivity index (χ1) is 13.0. The molecule has 0 bridgehead atoms. The Morgan fingerprint density at radius 1 is 1.11 bits per heavy atom. The fourth-order valence-corrected chi connectivity index (χ4v) is 3.90. The van der Waals surface area contributed by atoms with Gasteiger partial charge in [0.25, 0.3) is 0 Å². The van der Waals surface area contributed by atoms with Crippen molar-refractivity contribution in [1.82, 2.24) is 25.0 Å². The number of nitrogens with one attached hydrogen (secondary N) is 1. The first-order valence-electron chi connectivity index (χ1n) is 9.54. The van der Waals surface area contributed by atoms with Gasteiger partial charge in [-0.05, 0) is 25.2 Å². The number of nitrogens with zero attached hydrogens (tertiary/aromatic N) is 5. The summed E-state index contributed by atoms with van der Waals surface area (Å²) in [5.41, 5.74) is 0.364. The summed E-state index contributed by atoms with van der Waals surface area (Å²) in [6, 6.07) is 0. The zero-order valence-electron chi connectivity index (χ0n) is 15.0. The fourth-order valence-electron chi connectivity index (χ4n) is 3.90. The second-order valence-corrected chi connectivity index (χ2v) is 7.34. The molecule has 27 heavy (non-hydrogen) atoms. The van der Waals surface area contributed by atoms with E-state index < -0.39 is 12.0 Å². The highest BCUT2D eigenvalue weighted by Crippen LogP contribution is 2.31. The van der Waals surface area contributed by atoms with Crippen LogP contribution in [0.25, 0.3) is 11.2 Å². The van der Waals surface area contributed by atoms with Gasteiger partial charge in [0.2, 0.25) is 5.82 Å². The van der Waals surface area contributed by atoms with Crippen LogP contribution in [0.15, 0.2) is 0 Å². The molecule has 1 atom stereocenters. The van der Waals surface area contributed by atoms with Crippen molar-refractivity contribution >= 4 is 17.0 Å². The van der Waals surface area contributed by atoms with Crippen LogP contribution >= 0.6 is 0 Å². The number of rotatable bonds is 6. The Kier molecular flexibility index (Phi) is 5.16. The number of alkyl halides is 3. The van der Waals surface area contributed by atoms with Crippen LogP contribution in [-0.2, 0) is 17.5 Å². The quantitative estimate of drug-likeness (QED) is 0.822. The van der Waals surface area contributed by atoms with E-state index in [4.69, 9.17) is 4.74 Å². The van der Waals surface area contributed by atoms with E-state index in [-0.39, 0.29) is 23.1 Å². The molecule has 0 amide bonds. The Bertz CT molecular complexity index is 781. The summed E-state index contributed by atoms with van der Waals surface area (Å²) in [6.07, 6.45) is 2.85. The van der Waals surface area contributed by atoms with Gasteiger partial charge in [-0.2, -0.15) is 13.2 Å². The average Bonchev–Trinajstić information content (AvgIpc) is 3.37. The highest BCUT2D eigenvalue weighted by Gasteiger charge is 2.36. The van der Waals surface area contributed by atoms with Gasteiger partial charge < -0.3 is 10.1 Å². The number of anilines is 1. The molecule has 2 aromatic heterocycles. The fraction of sp³-hybridized carbons (Fsp3) is 0.765. The standard InChI is InChI=1S/C17H23F3N6O/c18-17(19,20)16-22-14(21-8-7-11-4-1-2-5-11)13-15(23-16)26(25-24-13)10-12-6-3-9-27-12/h11-12H,1-10H2,(H,21,22,23)/t12-/m1/s1. The maximum atomic E-state index is 13.3. The molecular formula is C17H23F3N6O. The molecular weight excluding hydrogens is 361 g/mol. The molecule has 1 aliphatic heterocycles. The summed E-state index contributed by atoms with van der Waals surface area (Å²) in [5.74, 6) is -0.440. The van der Waals surface area contributed by atoms with Crippen LogP contribution in [0.1, 0.15) is 50.8 Å². The molecule has 0 aromatic carbocycles. The zero-order chi connectivity index (χ0) is 18.9. The third-order valence-electron chi connectivity index (χ3n) is 5.34. The van der Waals surface area contributed by atoms with E-state index in [0.717, 1.165) is 19.3 Å². The van der Waals surface area contributed by atoms with Gasteiger partial charge in [-0.3, -0.25) is 0 Å². The molecule has 1 saturated heterocycles. The third-order valence-corrected chi connectivity index (χ3v) is 5.34. The normalized spacial score (nSPS) is 21.4. The minimum atomic E-state index is -4.63. The van der Waals surface area contributed by atoms with Gasteiger partial charge in [0.1, 0.15) is 0 Å². The molecule has 7 nitrogen and oxygen atoms in total. The van der Waals surface area contributed by atoms with Crippen molar-refractivity contribution < 1.29 is 17.9 Å². The molecule has 2 fully saturated rings. The highest BCUT2D eigenvalue weighted by molar-refractivity contribution is 5.82. The van der Waals surface area contributed by atoms with Crippen molar-refractivity contribution in [2.45, 2.75) is 63.8 Å². The Balaban J connectivity index is 1.58. The smallest absolute Gasteiger partial charge is 0.376 e. The Hall–Kier alpha value is -1.97. The van der Waals surface area contributed by atoms with E-state index in [1.165, 1.54) is 30.4 Å². The summed E-state index contributed by atoms with van der Waals surface area (Å²) >= 11 is 0. The van der Waals surface area contributed by atoms with E-state index in [0.29, 0.717) is 25.6 Å². The molecule has 1 saturated carbocycles. The number of fused-ring (bicyclic) bond motifs is 1. The van der Waals surface area contributed by atoms with Crippen molar-refractivity contribution in [3.63, 3.8) is 0 Å². The predicted molar refractivity (Wildman–Crippen MR) is 92.2 cm³/mol. The summed E-state index contributed by atoms with van der Waals surface area (Å²) in [6.45, 7) is 1.56. The van der Waals surface area contributed by atoms with Crippen molar-refractivity contribution in [1.29, 1.82) is 0 Å². The van der Waals surface area contributed by atoms with Gasteiger partial charge in [-0.1, -0.05) is 30.9 Å². The molecule has 3 heterocycles. The lowest BCUT2D eigenvalue weighted by atomic mass is 10.0. The number of halogens is 3. The SMILES string of the molecule is FC(F)(F)c1nc(NCCC2CCCC2)c2nnn(C[C@H]3CCCO3)c2n1. The van der Waals surface area contributed by atoms with Gasteiger partial charge in [-0.15, -0.1) is 5.10 Å². The molecule has 2 aromatic rings. The topological polar surface area (TPSA) is 77.8 Å². The lowest BCUT2D eigenvalue weighted by Crippen LogP contribution is -2.18. The zero-order valence-corrected chi connectivity index (χ0v) is 15.0. The lowest BCUT2D eigenvalue weighted by Gasteiger charge is -2.13. The second kappa shape index (κ2) is 7.57. The molecule has 0 unspecified atom stereocenters. The van der Waals surface area contributed by atoms with E-state index in [9.17, 15) is 13.2 Å². The maximum absolute atomic E-state index is 13.3. The number of hydrogen-bond donors (Lipinski definition) is 1. The lowest BCUT2D eigenvalue weighted by molar-refractivity contribution is -0.144. The summed E-state index contributed by atoms with van der Waals surface area (Å²) in [4.78, 5) is 7.39. The first-order valence-corrected chi connectivity index (χ1v) is 9.54. The monoisotopic (exact) mass is 384 g/mol. The molecule has 2 aliphatic rings. The van der Waals surface area contributed by atoms with Crippen LogP contribution in [0, 0.1) is 5.92 Å².